The fourth-order valence-electron chi connectivity index (χ4n) is 2.52. The maximum Gasteiger partial charge on any atom is 0.364 e. The van der Waals surface area contributed by atoms with Gasteiger partial charge in [-0.2, -0.15) is 9.61 Å². The van der Waals surface area contributed by atoms with Gasteiger partial charge in [0.05, 0.1) is 0 Å². The van der Waals surface area contributed by atoms with Crippen molar-refractivity contribution in [3.8, 4) is 0 Å². The largest absolute Gasteiger partial charge is 0.396 e. The minimum atomic E-state index is -0.348. The van der Waals surface area contributed by atoms with Crippen LogP contribution in [0.25, 0.3) is 5.65 Å². The van der Waals surface area contributed by atoms with Crippen molar-refractivity contribution in [2.24, 2.45) is 5.92 Å². The standard InChI is InChI=1S/C11H15N5O2/c17-6-7-2-1-3-8(7)12-9-4-5-10-13-14-11(18)16(10)15-9/h4-5,7-8,17H,1-3,6H2,(H,12,15)(H,14,18). The first-order valence-electron chi connectivity index (χ1n) is 6.10. The minimum Gasteiger partial charge on any atom is -0.396 e. The molecule has 2 atom stereocenters. The van der Waals surface area contributed by atoms with Gasteiger partial charge in [-0.1, -0.05) is 6.42 Å². The molecule has 7 nitrogen and oxygen atoms in total. The number of hydrogen-bond acceptors (Lipinski definition) is 5. The number of hydrogen-bond donors (Lipinski definition) is 3. The second-order valence-corrected chi connectivity index (χ2v) is 4.64. The highest BCUT2D eigenvalue weighted by Crippen LogP contribution is 2.27. The third-order valence-corrected chi connectivity index (χ3v) is 3.50. The number of nitrogens with one attached hydrogen (secondary N) is 2. The summed E-state index contributed by atoms with van der Waals surface area (Å²) in [4.78, 5) is 11.4. The van der Waals surface area contributed by atoms with Crippen LogP contribution in [0.4, 0.5) is 5.82 Å². The zero-order chi connectivity index (χ0) is 12.5. The summed E-state index contributed by atoms with van der Waals surface area (Å²) >= 11 is 0. The van der Waals surface area contributed by atoms with Crippen molar-refractivity contribution in [2.45, 2.75) is 25.3 Å². The molecule has 96 valence electrons. The molecule has 1 aliphatic rings. The Morgan fingerprint density at radius 3 is 3.22 bits per heavy atom. The van der Waals surface area contributed by atoms with Gasteiger partial charge in [0.2, 0.25) is 0 Å². The molecule has 0 amide bonds. The van der Waals surface area contributed by atoms with Gasteiger partial charge < -0.3 is 10.4 Å². The number of nitrogens with zero attached hydrogens (tertiary/aromatic N) is 3. The summed E-state index contributed by atoms with van der Waals surface area (Å²) < 4.78 is 1.23. The smallest absolute Gasteiger partial charge is 0.364 e. The van der Waals surface area contributed by atoms with Crippen molar-refractivity contribution >= 4 is 11.5 Å². The summed E-state index contributed by atoms with van der Waals surface area (Å²) in [5.41, 5.74) is 0.148. The second-order valence-electron chi connectivity index (χ2n) is 4.64. The van der Waals surface area contributed by atoms with Crippen LogP contribution in [-0.4, -0.2) is 37.6 Å². The third-order valence-electron chi connectivity index (χ3n) is 3.50. The second kappa shape index (κ2) is 4.41. The lowest BCUT2D eigenvalue weighted by Crippen LogP contribution is -2.27. The molecule has 2 aromatic heterocycles. The van der Waals surface area contributed by atoms with Crippen LogP contribution in [0.1, 0.15) is 19.3 Å². The lowest BCUT2D eigenvalue weighted by Gasteiger charge is -2.19. The maximum absolute atomic E-state index is 11.4. The quantitative estimate of drug-likeness (QED) is 0.711. The number of rotatable bonds is 3. The number of anilines is 1. The van der Waals surface area contributed by atoms with E-state index in [1.165, 1.54) is 4.52 Å². The number of fused-ring (bicyclic) bond motifs is 1. The number of H-pyrrole nitrogens is 1. The highest BCUT2D eigenvalue weighted by atomic mass is 16.3. The average molecular weight is 249 g/mol. The molecular weight excluding hydrogens is 234 g/mol. The first-order chi connectivity index (χ1) is 8.78. The van der Waals surface area contributed by atoms with E-state index in [-0.39, 0.29) is 24.3 Å². The van der Waals surface area contributed by atoms with E-state index >= 15 is 0 Å². The predicted molar refractivity (Wildman–Crippen MR) is 65.4 cm³/mol. The molecule has 1 saturated carbocycles. The molecule has 7 heteroatoms. The first kappa shape index (κ1) is 11.2. The van der Waals surface area contributed by atoms with Crippen LogP contribution in [0.5, 0.6) is 0 Å². The normalized spacial score (nSPS) is 23.6. The summed E-state index contributed by atoms with van der Waals surface area (Å²) in [6, 6.07) is 3.75. The molecule has 0 bridgehead atoms. The van der Waals surface area contributed by atoms with Crippen LogP contribution in [0.3, 0.4) is 0 Å². The minimum absolute atomic E-state index is 0.186. The van der Waals surface area contributed by atoms with Crippen molar-refractivity contribution in [2.75, 3.05) is 11.9 Å². The molecule has 18 heavy (non-hydrogen) atoms. The molecule has 2 heterocycles. The Morgan fingerprint density at radius 1 is 1.50 bits per heavy atom. The highest BCUT2D eigenvalue weighted by molar-refractivity contribution is 5.43. The van der Waals surface area contributed by atoms with Crippen molar-refractivity contribution in [3.63, 3.8) is 0 Å². The van der Waals surface area contributed by atoms with Gasteiger partial charge in [-0.15, -0.1) is 5.10 Å². The Kier molecular flexibility index (Phi) is 2.75. The monoisotopic (exact) mass is 249 g/mol. The molecule has 2 unspecified atom stereocenters. The Balaban J connectivity index is 1.86. The van der Waals surface area contributed by atoms with Crippen LogP contribution in [-0.2, 0) is 0 Å². The van der Waals surface area contributed by atoms with Crippen LogP contribution in [0.15, 0.2) is 16.9 Å². The summed E-state index contributed by atoms with van der Waals surface area (Å²) in [5, 5.41) is 22.9. The summed E-state index contributed by atoms with van der Waals surface area (Å²) in [6.07, 6.45) is 3.16. The van der Waals surface area contributed by atoms with E-state index in [1.807, 2.05) is 0 Å². The number of aromatic amines is 1. The van der Waals surface area contributed by atoms with Crippen LogP contribution < -0.4 is 11.0 Å². The summed E-state index contributed by atoms with van der Waals surface area (Å²) in [7, 11) is 0. The predicted octanol–water partition coefficient (Wildman–Crippen LogP) is -0.00950. The molecule has 0 radical (unpaired) electrons. The van der Waals surface area contributed by atoms with E-state index in [0.29, 0.717) is 11.5 Å². The number of aliphatic hydroxyl groups excluding tert-OH is 1. The fourth-order valence-corrected chi connectivity index (χ4v) is 2.52. The van der Waals surface area contributed by atoms with Crippen molar-refractivity contribution in [3.05, 3.63) is 22.6 Å². The van der Waals surface area contributed by atoms with Gasteiger partial charge >= 0.3 is 5.69 Å². The molecule has 3 rings (SSSR count). The Morgan fingerprint density at radius 2 is 2.39 bits per heavy atom. The van der Waals surface area contributed by atoms with Crippen LogP contribution in [0.2, 0.25) is 0 Å². The van der Waals surface area contributed by atoms with Crippen molar-refractivity contribution in [1.82, 2.24) is 19.8 Å². The summed E-state index contributed by atoms with van der Waals surface area (Å²) in [5.74, 6) is 0.903. The lowest BCUT2D eigenvalue weighted by molar-refractivity contribution is 0.222. The van der Waals surface area contributed by atoms with Gasteiger partial charge in [-0.25, -0.2) is 9.89 Å². The third kappa shape index (κ3) is 1.86. The Bertz CT molecular complexity index is 605. The van der Waals surface area contributed by atoms with Gasteiger partial charge in [-0.05, 0) is 25.0 Å². The molecule has 0 aromatic carbocycles. The maximum atomic E-state index is 11.4. The van der Waals surface area contributed by atoms with Gasteiger partial charge in [0.1, 0.15) is 5.82 Å². The van der Waals surface area contributed by atoms with Crippen molar-refractivity contribution < 1.29 is 5.11 Å². The van der Waals surface area contributed by atoms with E-state index in [4.69, 9.17) is 0 Å². The lowest BCUT2D eigenvalue weighted by atomic mass is 10.1. The van der Waals surface area contributed by atoms with Gasteiger partial charge in [0.15, 0.2) is 5.65 Å². The summed E-state index contributed by atoms with van der Waals surface area (Å²) in [6.45, 7) is 0.186. The zero-order valence-corrected chi connectivity index (χ0v) is 9.83. The van der Waals surface area contributed by atoms with Gasteiger partial charge in [0.25, 0.3) is 0 Å². The molecule has 0 saturated heterocycles. The fraction of sp³-hybridized carbons (Fsp3) is 0.545. The zero-order valence-electron chi connectivity index (χ0n) is 9.83. The first-order valence-corrected chi connectivity index (χ1v) is 6.10. The number of aromatic nitrogens is 4. The highest BCUT2D eigenvalue weighted by Gasteiger charge is 2.26. The topological polar surface area (TPSA) is 95.3 Å². The SMILES string of the molecule is O=c1[nH]nc2ccc(NC3CCCC3CO)nn12. The van der Waals surface area contributed by atoms with Crippen molar-refractivity contribution in [1.29, 1.82) is 0 Å². The molecule has 0 aliphatic heterocycles. The molecular formula is C11H15N5O2. The molecule has 2 aromatic rings. The van der Waals surface area contributed by atoms with Gasteiger partial charge in [0, 0.05) is 18.6 Å². The van der Waals surface area contributed by atoms with Crippen LogP contribution >= 0.6 is 0 Å². The van der Waals surface area contributed by atoms with E-state index in [1.54, 1.807) is 12.1 Å². The van der Waals surface area contributed by atoms with E-state index in [0.717, 1.165) is 19.3 Å². The molecule has 0 spiro atoms. The number of aliphatic hydroxyl groups is 1. The van der Waals surface area contributed by atoms with E-state index in [9.17, 15) is 9.90 Å². The van der Waals surface area contributed by atoms with E-state index < -0.39 is 0 Å². The average Bonchev–Trinajstić information content (AvgIpc) is 2.97. The Hall–Kier alpha value is -1.89. The van der Waals surface area contributed by atoms with Gasteiger partial charge in [-0.3, -0.25) is 0 Å². The Labute approximate surface area is 103 Å². The van der Waals surface area contributed by atoms with E-state index in [2.05, 4.69) is 20.6 Å². The molecule has 3 N–H and O–H groups in total. The molecule has 1 fully saturated rings. The van der Waals surface area contributed by atoms with Crippen LogP contribution in [0, 0.1) is 5.92 Å². The molecule has 1 aliphatic carbocycles.